The van der Waals surface area contributed by atoms with Crippen molar-refractivity contribution in [3.05, 3.63) is 24.3 Å². The quantitative estimate of drug-likeness (QED) is 0.773. The second-order valence-corrected chi connectivity index (χ2v) is 8.34. The molecule has 3 heterocycles. The number of carbonyl (C=O) groups is 1. The first-order valence-corrected chi connectivity index (χ1v) is 10.9. The smallest absolute Gasteiger partial charge is 0.236 e. The molecule has 0 bridgehead atoms. The van der Waals surface area contributed by atoms with Gasteiger partial charge in [-0.3, -0.25) is 14.6 Å². The summed E-state index contributed by atoms with van der Waals surface area (Å²) < 4.78 is 5.24. The number of methoxy groups -OCH3 is 1. The Hall–Kier alpha value is -1.79. The standard InChI is InChI=1S/C22H34N4O2/c1-28-21-8-6-19(7-9-21)25-13-15-26(16-14-25)22(27)18-23-10-4-5-20(17-23)24-11-2-3-12-24/h6-9,20H,2-5,10-18H2,1H3. The number of ether oxygens (including phenoxy) is 1. The van der Waals surface area contributed by atoms with Crippen molar-refractivity contribution < 1.29 is 9.53 Å². The highest BCUT2D eigenvalue weighted by Gasteiger charge is 2.29. The van der Waals surface area contributed by atoms with Gasteiger partial charge in [0.25, 0.3) is 0 Å². The van der Waals surface area contributed by atoms with Gasteiger partial charge in [-0.25, -0.2) is 0 Å². The molecule has 1 atom stereocenters. The molecule has 6 nitrogen and oxygen atoms in total. The third kappa shape index (κ3) is 4.61. The van der Waals surface area contributed by atoms with Crippen molar-refractivity contribution in [1.29, 1.82) is 0 Å². The van der Waals surface area contributed by atoms with E-state index in [1.54, 1.807) is 7.11 Å². The SMILES string of the molecule is COc1ccc(N2CCN(C(=O)CN3CCCC(N4CCCC4)C3)CC2)cc1. The monoisotopic (exact) mass is 386 g/mol. The number of piperidine rings is 1. The molecule has 3 saturated heterocycles. The number of carbonyl (C=O) groups excluding carboxylic acids is 1. The minimum atomic E-state index is 0.302. The van der Waals surface area contributed by atoms with Crippen LogP contribution < -0.4 is 9.64 Å². The second-order valence-electron chi connectivity index (χ2n) is 8.34. The summed E-state index contributed by atoms with van der Waals surface area (Å²) in [5, 5.41) is 0. The fourth-order valence-corrected chi connectivity index (χ4v) is 4.88. The van der Waals surface area contributed by atoms with Crippen molar-refractivity contribution in [3.8, 4) is 5.75 Å². The normalized spacial score (nSPS) is 24.5. The maximum atomic E-state index is 12.9. The number of nitrogens with zero attached hydrogens (tertiary/aromatic N) is 4. The number of hydrogen-bond donors (Lipinski definition) is 0. The molecule has 4 rings (SSSR count). The van der Waals surface area contributed by atoms with Crippen LogP contribution in [-0.4, -0.2) is 92.7 Å². The van der Waals surface area contributed by atoms with Crippen molar-refractivity contribution in [2.24, 2.45) is 0 Å². The van der Waals surface area contributed by atoms with Crippen LogP contribution in [0.5, 0.6) is 5.75 Å². The van der Waals surface area contributed by atoms with Gasteiger partial charge in [0.15, 0.2) is 0 Å². The molecule has 0 aromatic heterocycles. The van der Waals surface area contributed by atoms with Crippen LogP contribution in [0.4, 0.5) is 5.69 Å². The van der Waals surface area contributed by atoms with Crippen molar-refractivity contribution in [1.82, 2.24) is 14.7 Å². The van der Waals surface area contributed by atoms with Crippen LogP contribution >= 0.6 is 0 Å². The summed E-state index contributed by atoms with van der Waals surface area (Å²) in [6.45, 7) is 8.65. The third-order valence-corrected chi connectivity index (χ3v) is 6.57. The molecule has 0 saturated carbocycles. The van der Waals surface area contributed by atoms with Crippen LogP contribution in [0.3, 0.4) is 0 Å². The average molecular weight is 387 g/mol. The Kier molecular flexibility index (Phi) is 6.37. The second kappa shape index (κ2) is 9.14. The van der Waals surface area contributed by atoms with Gasteiger partial charge in [0.05, 0.1) is 13.7 Å². The Morgan fingerprint density at radius 1 is 0.964 bits per heavy atom. The lowest BCUT2D eigenvalue weighted by atomic mass is 10.0. The van der Waals surface area contributed by atoms with E-state index in [1.807, 2.05) is 12.1 Å². The van der Waals surface area contributed by atoms with Gasteiger partial charge >= 0.3 is 0 Å². The van der Waals surface area contributed by atoms with Crippen LogP contribution in [0.2, 0.25) is 0 Å². The highest BCUT2D eigenvalue weighted by atomic mass is 16.5. The van der Waals surface area contributed by atoms with Crippen LogP contribution in [0.15, 0.2) is 24.3 Å². The van der Waals surface area contributed by atoms with E-state index in [0.717, 1.165) is 45.0 Å². The summed E-state index contributed by atoms with van der Waals surface area (Å²) in [6.07, 6.45) is 5.20. The molecule has 6 heteroatoms. The molecule has 0 spiro atoms. The lowest BCUT2D eigenvalue weighted by Gasteiger charge is -2.40. The van der Waals surface area contributed by atoms with E-state index in [-0.39, 0.29) is 0 Å². The van der Waals surface area contributed by atoms with E-state index in [2.05, 4.69) is 31.7 Å². The summed E-state index contributed by atoms with van der Waals surface area (Å²) >= 11 is 0. The molecule has 3 aliphatic heterocycles. The van der Waals surface area contributed by atoms with Crippen LogP contribution in [0, 0.1) is 0 Å². The van der Waals surface area contributed by atoms with Gasteiger partial charge < -0.3 is 14.5 Å². The Labute approximate surface area is 169 Å². The number of piperazine rings is 1. The number of benzene rings is 1. The molecule has 28 heavy (non-hydrogen) atoms. The highest BCUT2D eigenvalue weighted by Crippen LogP contribution is 2.22. The van der Waals surface area contributed by atoms with Crippen molar-refractivity contribution in [3.63, 3.8) is 0 Å². The summed E-state index contributed by atoms with van der Waals surface area (Å²) in [5.41, 5.74) is 1.21. The lowest BCUT2D eigenvalue weighted by Crippen LogP contribution is -2.53. The minimum Gasteiger partial charge on any atom is -0.497 e. The number of hydrogen-bond acceptors (Lipinski definition) is 5. The Balaban J connectivity index is 1.24. The van der Waals surface area contributed by atoms with Gasteiger partial charge in [-0.2, -0.15) is 0 Å². The van der Waals surface area contributed by atoms with Gasteiger partial charge in [0, 0.05) is 44.5 Å². The van der Waals surface area contributed by atoms with E-state index < -0.39 is 0 Å². The summed E-state index contributed by atoms with van der Waals surface area (Å²) in [7, 11) is 1.69. The minimum absolute atomic E-state index is 0.302. The average Bonchev–Trinajstić information content (AvgIpc) is 3.29. The predicted octanol–water partition coefficient (Wildman–Crippen LogP) is 1.90. The first-order valence-electron chi connectivity index (χ1n) is 10.9. The Morgan fingerprint density at radius 3 is 2.36 bits per heavy atom. The molecule has 0 aliphatic carbocycles. The molecule has 1 aromatic rings. The zero-order valence-corrected chi connectivity index (χ0v) is 17.2. The zero-order chi connectivity index (χ0) is 19.3. The van der Waals surface area contributed by atoms with E-state index >= 15 is 0 Å². The summed E-state index contributed by atoms with van der Waals surface area (Å²) in [4.78, 5) is 22.3. The molecular weight excluding hydrogens is 352 g/mol. The van der Waals surface area contributed by atoms with Gasteiger partial charge in [-0.15, -0.1) is 0 Å². The third-order valence-electron chi connectivity index (χ3n) is 6.57. The molecule has 1 unspecified atom stereocenters. The van der Waals surface area contributed by atoms with Crippen LogP contribution in [0.25, 0.3) is 0 Å². The molecule has 3 fully saturated rings. The van der Waals surface area contributed by atoms with E-state index in [9.17, 15) is 4.79 Å². The van der Waals surface area contributed by atoms with Crippen molar-refractivity contribution in [2.75, 3.05) is 70.9 Å². The molecular formula is C22H34N4O2. The van der Waals surface area contributed by atoms with Crippen molar-refractivity contribution in [2.45, 2.75) is 31.7 Å². The van der Waals surface area contributed by atoms with Gasteiger partial charge in [-0.05, 0) is 69.6 Å². The van der Waals surface area contributed by atoms with E-state index in [1.165, 1.54) is 44.5 Å². The Bertz CT molecular complexity index is 636. The number of rotatable bonds is 5. The van der Waals surface area contributed by atoms with E-state index in [0.29, 0.717) is 18.5 Å². The van der Waals surface area contributed by atoms with E-state index in [4.69, 9.17) is 4.74 Å². The first-order chi connectivity index (χ1) is 13.7. The maximum Gasteiger partial charge on any atom is 0.236 e. The number of likely N-dealkylation sites (tertiary alicyclic amines) is 2. The number of anilines is 1. The van der Waals surface area contributed by atoms with Gasteiger partial charge in [-0.1, -0.05) is 0 Å². The van der Waals surface area contributed by atoms with Crippen LogP contribution in [-0.2, 0) is 4.79 Å². The van der Waals surface area contributed by atoms with Gasteiger partial charge in [0.1, 0.15) is 5.75 Å². The number of amides is 1. The summed E-state index contributed by atoms with van der Waals surface area (Å²) in [5.74, 6) is 1.18. The molecule has 1 aromatic carbocycles. The Morgan fingerprint density at radius 2 is 1.68 bits per heavy atom. The van der Waals surface area contributed by atoms with Gasteiger partial charge in [0.2, 0.25) is 5.91 Å². The zero-order valence-electron chi connectivity index (χ0n) is 17.2. The first kappa shape index (κ1) is 19.5. The molecule has 0 N–H and O–H groups in total. The summed E-state index contributed by atoms with van der Waals surface area (Å²) in [6, 6.07) is 8.86. The lowest BCUT2D eigenvalue weighted by molar-refractivity contribution is -0.133. The largest absolute Gasteiger partial charge is 0.497 e. The molecule has 0 radical (unpaired) electrons. The maximum absolute atomic E-state index is 12.9. The molecule has 3 aliphatic rings. The fraction of sp³-hybridized carbons (Fsp3) is 0.682. The topological polar surface area (TPSA) is 39.3 Å². The van der Waals surface area contributed by atoms with Crippen LogP contribution in [0.1, 0.15) is 25.7 Å². The fourth-order valence-electron chi connectivity index (χ4n) is 4.88. The predicted molar refractivity (Wildman–Crippen MR) is 112 cm³/mol. The molecule has 154 valence electrons. The molecule has 1 amide bonds. The highest BCUT2D eigenvalue weighted by molar-refractivity contribution is 5.78. The van der Waals surface area contributed by atoms with Crippen molar-refractivity contribution >= 4 is 11.6 Å².